The molecule has 1 N–H and O–H groups in total. The summed E-state index contributed by atoms with van der Waals surface area (Å²) in [5.74, 6) is -1.36. The van der Waals surface area contributed by atoms with E-state index in [1.807, 2.05) is 11.9 Å². The minimum atomic E-state index is -4.83. The number of nitrogens with zero attached hydrogens (tertiary/aromatic N) is 2. The van der Waals surface area contributed by atoms with E-state index < -0.39 is 29.2 Å². The second-order valence-electron chi connectivity index (χ2n) is 6.83. The summed E-state index contributed by atoms with van der Waals surface area (Å²) in [6.07, 6.45) is -5.24. The molecule has 0 spiro atoms. The molecule has 2 aliphatic rings. The molecule has 1 aromatic rings. The average Bonchev–Trinajstić information content (AvgIpc) is 3.34. The molecule has 0 unspecified atom stereocenters. The van der Waals surface area contributed by atoms with Gasteiger partial charge in [0.2, 0.25) is 0 Å². The molecular formula is C17H20F4N2O3. The van der Waals surface area contributed by atoms with E-state index in [-0.39, 0.29) is 18.2 Å². The highest BCUT2D eigenvalue weighted by atomic mass is 19.4. The fraction of sp³-hybridized carbons (Fsp3) is 0.588. The van der Waals surface area contributed by atoms with Crippen LogP contribution < -0.4 is 0 Å². The van der Waals surface area contributed by atoms with E-state index in [2.05, 4.69) is 0 Å². The molecule has 1 saturated carbocycles. The van der Waals surface area contributed by atoms with Gasteiger partial charge in [-0.15, -0.1) is 0 Å². The lowest BCUT2D eigenvalue weighted by Gasteiger charge is -2.38. The van der Waals surface area contributed by atoms with Gasteiger partial charge in [-0.25, -0.2) is 9.18 Å². The van der Waals surface area contributed by atoms with E-state index in [9.17, 15) is 27.5 Å². The molecule has 2 fully saturated rings. The zero-order valence-corrected chi connectivity index (χ0v) is 14.2. The van der Waals surface area contributed by atoms with E-state index in [4.69, 9.17) is 4.74 Å². The van der Waals surface area contributed by atoms with Gasteiger partial charge in [0.1, 0.15) is 5.82 Å². The second kappa shape index (κ2) is 6.70. The van der Waals surface area contributed by atoms with Gasteiger partial charge in [-0.3, -0.25) is 9.80 Å². The van der Waals surface area contributed by atoms with Crippen LogP contribution in [0.25, 0.3) is 0 Å². The van der Waals surface area contributed by atoms with Crippen LogP contribution in [0.15, 0.2) is 18.2 Å². The fourth-order valence-electron chi connectivity index (χ4n) is 3.44. The monoisotopic (exact) mass is 376 g/mol. The van der Waals surface area contributed by atoms with Gasteiger partial charge in [-0.2, -0.15) is 13.2 Å². The Morgan fingerprint density at radius 2 is 2.12 bits per heavy atom. The molecule has 9 heteroatoms. The quantitative estimate of drug-likeness (QED) is 0.821. The standard InChI is InChI=1S/C17H20F4N2O3/c1-22-6-7-26-10-12(22)9-23(15(24)25)16(4-5-16)11-2-3-14(18)13(8-11)17(19,20)21/h2-3,8,12H,4-7,9-10H2,1H3,(H,24,25)/t12-/m0/s1. The Morgan fingerprint density at radius 3 is 2.65 bits per heavy atom. The number of alkyl halides is 3. The zero-order chi connectivity index (χ0) is 19.1. The zero-order valence-electron chi connectivity index (χ0n) is 14.2. The normalized spacial score (nSPS) is 22.9. The molecule has 1 amide bonds. The van der Waals surface area contributed by atoms with Gasteiger partial charge in [0.05, 0.1) is 30.4 Å². The van der Waals surface area contributed by atoms with Crippen molar-refractivity contribution in [1.82, 2.24) is 9.80 Å². The first-order chi connectivity index (χ1) is 12.1. The number of carbonyl (C=O) groups is 1. The maximum absolute atomic E-state index is 13.6. The van der Waals surface area contributed by atoms with Gasteiger partial charge < -0.3 is 9.84 Å². The summed E-state index contributed by atoms with van der Waals surface area (Å²) in [6, 6.07) is 2.56. The summed E-state index contributed by atoms with van der Waals surface area (Å²) < 4.78 is 58.1. The molecule has 1 aliphatic carbocycles. The lowest BCUT2D eigenvalue weighted by molar-refractivity contribution is -0.140. The Balaban J connectivity index is 1.91. The topological polar surface area (TPSA) is 53.0 Å². The number of benzene rings is 1. The third kappa shape index (κ3) is 3.50. The first-order valence-corrected chi connectivity index (χ1v) is 8.31. The largest absolute Gasteiger partial charge is 0.465 e. The van der Waals surface area contributed by atoms with Crippen LogP contribution >= 0.6 is 0 Å². The van der Waals surface area contributed by atoms with Crippen LogP contribution in [0.2, 0.25) is 0 Å². The Kier molecular flexibility index (Phi) is 4.87. The first kappa shape index (κ1) is 18.9. The van der Waals surface area contributed by atoms with Crippen molar-refractivity contribution in [2.24, 2.45) is 0 Å². The summed E-state index contributed by atoms with van der Waals surface area (Å²) in [7, 11) is 1.85. The van der Waals surface area contributed by atoms with Crippen LogP contribution in [-0.2, 0) is 16.5 Å². The Hall–Kier alpha value is -1.87. The van der Waals surface area contributed by atoms with Crippen molar-refractivity contribution in [3.05, 3.63) is 35.1 Å². The highest BCUT2D eigenvalue weighted by Gasteiger charge is 2.53. The van der Waals surface area contributed by atoms with E-state index in [1.54, 1.807) is 0 Å². The molecule has 1 aromatic carbocycles. The Morgan fingerprint density at radius 1 is 1.42 bits per heavy atom. The van der Waals surface area contributed by atoms with Crippen molar-refractivity contribution in [1.29, 1.82) is 0 Å². The highest BCUT2D eigenvalue weighted by Crippen LogP contribution is 2.52. The van der Waals surface area contributed by atoms with Crippen molar-refractivity contribution >= 4 is 6.09 Å². The number of carboxylic acid groups (broad SMARTS) is 1. The predicted molar refractivity (Wildman–Crippen MR) is 84.3 cm³/mol. The number of halogens is 4. The summed E-state index contributed by atoms with van der Waals surface area (Å²) in [6.45, 7) is 1.68. The summed E-state index contributed by atoms with van der Waals surface area (Å²) in [4.78, 5) is 15.0. The molecule has 0 radical (unpaired) electrons. The molecule has 1 atom stereocenters. The van der Waals surface area contributed by atoms with Gasteiger partial charge in [-0.05, 0) is 37.6 Å². The summed E-state index contributed by atoms with van der Waals surface area (Å²) >= 11 is 0. The number of hydrogen-bond acceptors (Lipinski definition) is 3. The summed E-state index contributed by atoms with van der Waals surface area (Å²) in [5, 5.41) is 9.68. The minimum absolute atomic E-state index is 0.116. The van der Waals surface area contributed by atoms with E-state index in [1.165, 1.54) is 11.0 Å². The van der Waals surface area contributed by atoms with Gasteiger partial charge in [0.25, 0.3) is 0 Å². The lowest BCUT2D eigenvalue weighted by atomic mass is 9.99. The minimum Gasteiger partial charge on any atom is -0.465 e. The molecule has 144 valence electrons. The number of rotatable bonds is 4. The van der Waals surface area contributed by atoms with Crippen molar-refractivity contribution in [3.8, 4) is 0 Å². The lowest BCUT2D eigenvalue weighted by Crippen LogP contribution is -2.53. The second-order valence-corrected chi connectivity index (χ2v) is 6.83. The van der Waals surface area contributed by atoms with Crippen LogP contribution in [0, 0.1) is 5.82 Å². The Labute approximate surface area is 148 Å². The van der Waals surface area contributed by atoms with E-state index in [0.717, 1.165) is 12.1 Å². The third-order valence-corrected chi connectivity index (χ3v) is 5.20. The van der Waals surface area contributed by atoms with Crippen molar-refractivity contribution < 1.29 is 32.2 Å². The third-order valence-electron chi connectivity index (χ3n) is 5.20. The number of likely N-dealkylation sites (N-methyl/N-ethyl adjacent to an activating group) is 1. The number of morpholine rings is 1. The molecule has 1 saturated heterocycles. The van der Waals surface area contributed by atoms with Crippen LogP contribution in [0.1, 0.15) is 24.0 Å². The highest BCUT2D eigenvalue weighted by molar-refractivity contribution is 5.68. The first-order valence-electron chi connectivity index (χ1n) is 8.31. The van der Waals surface area contributed by atoms with Crippen molar-refractivity contribution in [2.45, 2.75) is 30.6 Å². The Bertz CT molecular complexity index is 691. The molecule has 26 heavy (non-hydrogen) atoms. The molecule has 1 aliphatic heterocycles. The molecule has 5 nitrogen and oxygen atoms in total. The predicted octanol–water partition coefficient (Wildman–Crippen LogP) is 3.14. The molecule has 0 aromatic heterocycles. The van der Waals surface area contributed by atoms with Gasteiger partial charge in [0.15, 0.2) is 0 Å². The molecular weight excluding hydrogens is 356 g/mol. The SMILES string of the molecule is CN1CCOC[C@@H]1CN(C(=O)O)C1(c2ccc(F)c(C(F)(F)F)c2)CC1. The smallest absolute Gasteiger partial charge is 0.419 e. The molecule has 1 heterocycles. The van der Waals surface area contributed by atoms with E-state index in [0.29, 0.717) is 32.6 Å². The maximum atomic E-state index is 13.6. The van der Waals surface area contributed by atoms with Crippen molar-refractivity contribution in [3.63, 3.8) is 0 Å². The summed E-state index contributed by atoms with van der Waals surface area (Å²) in [5.41, 5.74) is -2.24. The van der Waals surface area contributed by atoms with Gasteiger partial charge >= 0.3 is 12.3 Å². The van der Waals surface area contributed by atoms with Crippen LogP contribution in [0.4, 0.5) is 22.4 Å². The average molecular weight is 376 g/mol. The number of ether oxygens (including phenoxy) is 1. The fourth-order valence-corrected chi connectivity index (χ4v) is 3.44. The number of amides is 1. The van der Waals surface area contributed by atoms with Crippen LogP contribution in [-0.4, -0.2) is 60.4 Å². The maximum Gasteiger partial charge on any atom is 0.419 e. The molecule has 3 rings (SSSR count). The number of hydrogen-bond donors (Lipinski definition) is 1. The van der Waals surface area contributed by atoms with Gasteiger partial charge in [0, 0.05) is 13.1 Å². The van der Waals surface area contributed by atoms with Gasteiger partial charge in [-0.1, -0.05) is 6.07 Å². The van der Waals surface area contributed by atoms with Crippen molar-refractivity contribution in [2.75, 3.05) is 33.4 Å². The van der Waals surface area contributed by atoms with E-state index >= 15 is 0 Å². The van der Waals surface area contributed by atoms with Crippen LogP contribution in [0.3, 0.4) is 0 Å². The molecule has 0 bridgehead atoms. The van der Waals surface area contributed by atoms with Crippen LogP contribution in [0.5, 0.6) is 0 Å².